The predicted molar refractivity (Wildman–Crippen MR) is 188 cm³/mol. The third-order valence-corrected chi connectivity index (χ3v) is 10.0. The predicted octanol–water partition coefficient (Wildman–Crippen LogP) is 6.58. The molecule has 1 saturated carbocycles. The molecule has 2 unspecified atom stereocenters. The Balaban J connectivity index is 1.22. The van der Waals surface area contributed by atoms with Crippen molar-refractivity contribution in [3.05, 3.63) is 72.9 Å². The zero-order valence-electron chi connectivity index (χ0n) is 27.8. The lowest BCUT2D eigenvalue weighted by Gasteiger charge is -2.26. The Morgan fingerprint density at radius 2 is 1.83 bits per heavy atom. The summed E-state index contributed by atoms with van der Waals surface area (Å²) in [4.78, 5) is 27.3. The van der Waals surface area contributed by atoms with Gasteiger partial charge in [-0.25, -0.2) is 9.97 Å². The third-order valence-electron chi connectivity index (χ3n) is 10.0. The topological polar surface area (TPSA) is 114 Å². The first-order valence-electron chi connectivity index (χ1n) is 16.6. The van der Waals surface area contributed by atoms with Crippen molar-refractivity contribution >= 4 is 39.8 Å². The van der Waals surface area contributed by atoms with Crippen LogP contribution in [0.3, 0.4) is 0 Å². The van der Waals surface area contributed by atoms with Gasteiger partial charge < -0.3 is 34.3 Å². The largest absolute Gasteiger partial charge is 0.494 e. The van der Waals surface area contributed by atoms with Gasteiger partial charge in [0.05, 0.1) is 41.1 Å². The molecule has 2 aliphatic heterocycles. The van der Waals surface area contributed by atoms with Gasteiger partial charge in [-0.3, -0.25) is 4.79 Å². The van der Waals surface area contributed by atoms with Crippen molar-refractivity contribution in [2.45, 2.75) is 32.7 Å². The minimum atomic E-state index is -0.277. The van der Waals surface area contributed by atoms with E-state index in [1.165, 1.54) is 24.4 Å². The number of hydrogen-bond donors (Lipinski definition) is 2. The Bertz CT molecular complexity index is 2030. The molecule has 0 radical (unpaired) electrons. The number of rotatable bonds is 9. The highest BCUT2D eigenvalue weighted by Gasteiger charge is 2.39. The number of carbonyl (C=O) groups excluding carboxylic acids is 1. The van der Waals surface area contributed by atoms with Crippen molar-refractivity contribution in [2.75, 3.05) is 55.9 Å². The quantitative estimate of drug-likeness (QED) is 0.172. The molecule has 5 heterocycles. The fourth-order valence-electron chi connectivity index (χ4n) is 7.67. The number of nitrogens with zero attached hydrogens (tertiary/aromatic N) is 6. The van der Waals surface area contributed by atoms with E-state index in [0.717, 1.165) is 65.3 Å². The standard InChI is InChI=1S/C37H40N8O3/c1-6-34(46)39-29-13-30(33(47-5)14-32(29)44-18-23-16-43(4)17-24(23)19-44)40-37-38-15-27(35-21(2)42-48-22(35)3)36(41-37)28-20-45(25-11-12-25)31-10-8-7-9-26(28)31/h6-10,13-15,20,23-25H,1,11-12,16-19H2,2-5H3,(H,39,46)(H,38,40,41). The van der Waals surface area contributed by atoms with E-state index in [1.54, 1.807) is 7.11 Å². The number of carbonyl (C=O) groups is 1. The van der Waals surface area contributed by atoms with Gasteiger partial charge in [-0.2, -0.15) is 0 Å². The van der Waals surface area contributed by atoms with E-state index in [-0.39, 0.29) is 5.91 Å². The normalized spacial score (nSPS) is 19.1. The molecule has 5 aromatic rings. The zero-order chi connectivity index (χ0) is 33.1. The molecule has 0 bridgehead atoms. The van der Waals surface area contributed by atoms with Crippen LogP contribution in [0.2, 0.25) is 0 Å². The van der Waals surface area contributed by atoms with Crippen molar-refractivity contribution in [1.29, 1.82) is 0 Å². The molecule has 11 heteroatoms. The lowest BCUT2D eigenvalue weighted by molar-refractivity contribution is -0.111. The van der Waals surface area contributed by atoms with Gasteiger partial charge in [0.15, 0.2) is 0 Å². The number of nitrogens with one attached hydrogen (secondary N) is 2. The second-order valence-corrected chi connectivity index (χ2v) is 13.4. The van der Waals surface area contributed by atoms with Crippen LogP contribution < -0.4 is 20.3 Å². The number of para-hydroxylation sites is 1. The highest BCUT2D eigenvalue weighted by molar-refractivity contribution is 6.02. The van der Waals surface area contributed by atoms with E-state index < -0.39 is 0 Å². The molecule has 246 valence electrons. The maximum Gasteiger partial charge on any atom is 0.247 e. The summed E-state index contributed by atoms with van der Waals surface area (Å²) in [7, 11) is 3.83. The van der Waals surface area contributed by atoms with E-state index in [4.69, 9.17) is 19.2 Å². The minimum absolute atomic E-state index is 0.277. The summed E-state index contributed by atoms with van der Waals surface area (Å²) in [5, 5.41) is 11.8. The lowest BCUT2D eigenvalue weighted by atomic mass is 9.99. The van der Waals surface area contributed by atoms with E-state index >= 15 is 0 Å². The molecule has 3 aromatic heterocycles. The van der Waals surface area contributed by atoms with Crippen LogP contribution in [-0.2, 0) is 4.79 Å². The first-order chi connectivity index (χ1) is 23.3. The molecule has 11 nitrogen and oxygen atoms in total. The molecule has 2 saturated heterocycles. The number of ether oxygens (including phenoxy) is 1. The van der Waals surface area contributed by atoms with Crippen LogP contribution >= 0.6 is 0 Å². The van der Waals surface area contributed by atoms with Crippen molar-refractivity contribution in [2.24, 2.45) is 11.8 Å². The third kappa shape index (κ3) is 5.28. The van der Waals surface area contributed by atoms with Crippen LogP contribution in [0, 0.1) is 25.7 Å². The molecule has 2 N–H and O–H groups in total. The number of likely N-dealkylation sites (tertiary alicyclic amines) is 1. The van der Waals surface area contributed by atoms with Crippen LogP contribution in [0.4, 0.5) is 23.0 Å². The molecule has 48 heavy (non-hydrogen) atoms. The minimum Gasteiger partial charge on any atom is -0.494 e. The second-order valence-electron chi connectivity index (χ2n) is 13.4. The molecule has 2 atom stereocenters. The Morgan fingerprint density at radius 3 is 2.52 bits per heavy atom. The maximum atomic E-state index is 12.6. The van der Waals surface area contributed by atoms with Gasteiger partial charge in [0.25, 0.3) is 0 Å². The van der Waals surface area contributed by atoms with Gasteiger partial charge in [-0.1, -0.05) is 29.9 Å². The fourth-order valence-corrected chi connectivity index (χ4v) is 7.67. The molecular weight excluding hydrogens is 604 g/mol. The van der Waals surface area contributed by atoms with Crippen LogP contribution in [0.25, 0.3) is 33.3 Å². The van der Waals surface area contributed by atoms with Gasteiger partial charge in [0.1, 0.15) is 11.5 Å². The smallest absolute Gasteiger partial charge is 0.247 e. The first-order valence-corrected chi connectivity index (χ1v) is 16.6. The van der Waals surface area contributed by atoms with Crippen molar-refractivity contribution in [3.63, 3.8) is 0 Å². The SMILES string of the molecule is C=CC(=O)Nc1cc(Nc2ncc(-c3c(C)noc3C)c(-c3cn(C4CC4)c4ccccc34)n2)c(OC)cc1N1CC2CN(C)CC2C1. The molecule has 2 aromatic carbocycles. The number of fused-ring (bicyclic) bond motifs is 2. The number of amides is 1. The second kappa shape index (κ2) is 11.8. The van der Waals surface area contributed by atoms with E-state index in [2.05, 4.69) is 74.2 Å². The Morgan fingerprint density at radius 1 is 1.06 bits per heavy atom. The van der Waals surface area contributed by atoms with E-state index in [9.17, 15) is 4.79 Å². The molecule has 1 aliphatic carbocycles. The van der Waals surface area contributed by atoms with Crippen molar-refractivity contribution < 1.29 is 14.1 Å². The fraction of sp³-hybridized carbons (Fsp3) is 0.351. The Hall–Kier alpha value is -5.16. The summed E-state index contributed by atoms with van der Waals surface area (Å²) in [6.45, 7) is 11.5. The molecule has 3 aliphatic rings. The maximum absolute atomic E-state index is 12.6. The average Bonchev–Trinajstić information content (AvgIpc) is 3.42. The summed E-state index contributed by atoms with van der Waals surface area (Å²) in [6.07, 6.45) is 7.68. The molecule has 1 amide bonds. The number of aromatic nitrogens is 4. The van der Waals surface area contributed by atoms with Crippen molar-refractivity contribution in [3.8, 4) is 28.1 Å². The van der Waals surface area contributed by atoms with Gasteiger partial charge in [0, 0.05) is 72.7 Å². The average molecular weight is 645 g/mol. The summed E-state index contributed by atoms with van der Waals surface area (Å²) in [5.41, 5.74) is 7.73. The summed E-state index contributed by atoms with van der Waals surface area (Å²) in [5.74, 6) is 2.64. The lowest BCUT2D eigenvalue weighted by Crippen LogP contribution is -2.27. The van der Waals surface area contributed by atoms with Crippen LogP contribution in [0.15, 0.2) is 66.0 Å². The summed E-state index contributed by atoms with van der Waals surface area (Å²) < 4.78 is 13.9. The Labute approximate surface area is 279 Å². The first kappa shape index (κ1) is 30.2. The number of anilines is 4. The van der Waals surface area contributed by atoms with Gasteiger partial charge >= 0.3 is 0 Å². The van der Waals surface area contributed by atoms with E-state index in [0.29, 0.717) is 46.7 Å². The van der Waals surface area contributed by atoms with Gasteiger partial charge in [0.2, 0.25) is 11.9 Å². The van der Waals surface area contributed by atoms with Crippen LogP contribution in [0.5, 0.6) is 5.75 Å². The van der Waals surface area contributed by atoms with Crippen LogP contribution in [0.1, 0.15) is 30.3 Å². The zero-order valence-corrected chi connectivity index (χ0v) is 27.8. The summed E-state index contributed by atoms with van der Waals surface area (Å²) >= 11 is 0. The molecule has 0 spiro atoms. The molecule has 8 rings (SSSR count). The summed E-state index contributed by atoms with van der Waals surface area (Å²) in [6, 6.07) is 12.9. The number of methoxy groups -OCH3 is 1. The molecular formula is C37H40N8O3. The molecule has 3 fully saturated rings. The van der Waals surface area contributed by atoms with Crippen LogP contribution in [-0.4, -0.2) is 70.8 Å². The van der Waals surface area contributed by atoms with Gasteiger partial charge in [-0.15, -0.1) is 0 Å². The monoisotopic (exact) mass is 644 g/mol. The Kier molecular flexibility index (Phi) is 7.43. The number of hydrogen-bond acceptors (Lipinski definition) is 9. The van der Waals surface area contributed by atoms with Gasteiger partial charge in [-0.05, 0) is 63.8 Å². The van der Waals surface area contributed by atoms with Crippen molar-refractivity contribution in [1.82, 2.24) is 24.6 Å². The van der Waals surface area contributed by atoms with E-state index in [1.807, 2.05) is 32.2 Å². The highest BCUT2D eigenvalue weighted by atomic mass is 16.5. The number of benzene rings is 2. The number of aryl methyl sites for hydroxylation is 2. The highest BCUT2D eigenvalue weighted by Crippen LogP contribution is 2.45.